The first kappa shape index (κ1) is 17.9. The summed E-state index contributed by atoms with van der Waals surface area (Å²) in [6.45, 7) is 4.65. The minimum Gasteiger partial charge on any atom is -0.504 e. The van der Waals surface area contributed by atoms with E-state index in [1.54, 1.807) is 12.1 Å². The predicted molar refractivity (Wildman–Crippen MR) is 104 cm³/mol. The minimum atomic E-state index is -0.218. The molecular weight excluding hydrogens is 347 g/mol. The van der Waals surface area contributed by atoms with Crippen LogP contribution < -0.4 is 15.1 Å². The van der Waals surface area contributed by atoms with Crippen LogP contribution in [0.3, 0.4) is 0 Å². The summed E-state index contributed by atoms with van der Waals surface area (Å²) >= 11 is 0. The molecule has 1 aromatic carbocycles. The Hall–Kier alpha value is -2.54. The van der Waals surface area contributed by atoms with Crippen LogP contribution in [-0.4, -0.2) is 55.5 Å². The third-order valence-corrected chi connectivity index (χ3v) is 5.16. The number of rotatable bonds is 4. The van der Waals surface area contributed by atoms with E-state index in [4.69, 9.17) is 4.74 Å². The molecule has 0 saturated carbocycles. The number of hydrogen-bond acceptors (Lipinski definition) is 6. The van der Waals surface area contributed by atoms with Crippen LogP contribution in [0.1, 0.15) is 12.8 Å². The van der Waals surface area contributed by atoms with Gasteiger partial charge in [0.25, 0.3) is 0 Å². The van der Waals surface area contributed by atoms with E-state index >= 15 is 0 Å². The third kappa shape index (κ3) is 4.24. The van der Waals surface area contributed by atoms with Crippen molar-refractivity contribution in [2.24, 2.45) is 0 Å². The fourth-order valence-electron chi connectivity index (χ4n) is 3.74. The van der Waals surface area contributed by atoms with Crippen LogP contribution in [0, 0.1) is 5.82 Å². The van der Waals surface area contributed by atoms with Gasteiger partial charge in [0.1, 0.15) is 11.6 Å². The molecule has 2 aliphatic heterocycles. The number of anilines is 3. The van der Waals surface area contributed by atoms with Crippen LogP contribution >= 0.6 is 0 Å². The zero-order chi connectivity index (χ0) is 18.6. The SMILES string of the molecule is Oc1cnc(N2CCOCC2)cc1N[C@@H]1CCCN(c2cccc(F)c2)C1. The Morgan fingerprint density at radius 3 is 2.81 bits per heavy atom. The van der Waals surface area contributed by atoms with Gasteiger partial charge in [-0.05, 0) is 31.0 Å². The summed E-state index contributed by atoms with van der Waals surface area (Å²) < 4.78 is 18.9. The lowest BCUT2D eigenvalue weighted by Gasteiger charge is -2.35. The second kappa shape index (κ2) is 8.00. The number of aromatic hydroxyl groups is 1. The standard InChI is InChI=1S/C20H25FN4O2/c21-15-3-1-5-17(11-15)25-6-2-4-16(14-25)23-18-12-20(22-13-19(18)26)24-7-9-27-10-8-24/h1,3,5,11-13,16,26H,2,4,6-10,14H2,(H,22,23)/t16-/m1/s1. The first-order chi connectivity index (χ1) is 13.2. The van der Waals surface area contributed by atoms with Crippen molar-refractivity contribution in [3.8, 4) is 5.75 Å². The number of aromatic nitrogens is 1. The maximum absolute atomic E-state index is 13.5. The van der Waals surface area contributed by atoms with Gasteiger partial charge in [0.2, 0.25) is 0 Å². The Morgan fingerprint density at radius 2 is 2.00 bits per heavy atom. The smallest absolute Gasteiger partial charge is 0.157 e. The fourth-order valence-corrected chi connectivity index (χ4v) is 3.74. The first-order valence-electron chi connectivity index (χ1n) is 9.48. The zero-order valence-corrected chi connectivity index (χ0v) is 15.3. The molecule has 2 N–H and O–H groups in total. The topological polar surface area (TPSA) is 60.9 Å². The highest BCUT2D eigenvalue weighted by molar-refractivity contribution is 5.62. The molecule has 0 bridgehead atoms. The van der Waals surface area contributed by atoms with Gasteiger partial charge in [-0.3, -0.25) is 0 Å². The molecule has 2 aliphatic rings. The Balaban J connectivity index is 1.46. The van der Waals surface area contributed by atoms with Crippen LogP contribution in [0.5, 0.6) is 5.75 Å². The van der Waals surface area contributed by atoms with Crippen molar-refractivity contribution in [3.05, 3.63) is 42.3 Å². The van der Waals surface area contributed by atoms with Gasteiger partial charge in [0.15, 0.2) is 5.75 Å². The number of halogens is 1. The lowest BCUT2D eigenvalue weighted by atomic mass is 10.0. The van der Waals surface area contributed by atoms with Gasteiger partial charge in [0.05, 0.1) is 25.1 Å². The molecule has 1 atom stereocenters. The van der Waals surface area contributed by atoms with Gasteiger partial charge < -0.3 is 25.0 Å². The van der Waals surface area contributed by atoms with Gasteiger partial charge in [0, 0.05) is 44.0 Å². The Labute approximate surface area is 158 Å². The average molecular weight is 372 g/mol. The highest BCUT2D eigenvalue weighted by Crippen LogP contribution is 2.29. The molecule has 2 saturated heterocycles. The van der Waals surface area contributed by atoms with E-state index in [1.807, 2.05) is 12.1 Å². The molecule has 3 heterocycles. The van der Waals surface area contributed by atoms with Crippen LogP contribution in [-0.2, 0) is 4.74 Å². The van der Waals surface area contributed by atoms with Crippen molar-refractivity contribution in [1.82, 2.24) is 4.98 Å². The number of nitrogens with zero attached hydrogens (tertiary/aromatic N) is 3. The molecule has 27 heavy (non-hydrogen) atoms. The average Bonchev–Trinajstić information content (AvgIpc) is 2.71. The zero-order valence-electron chi connectivity index (χ0n) is 15.3. The summed E-state index contributed by atoms with van der Waals surface area (Å²) in [6, 6.07) is 8.79. The lowest BCUT2D eigenvalue weighted by Crippen LogP contribution is -2.42. The van der Waals surface area contributed by atoms with Gasteiger partial charge >= 0.3 is 0 Å². The number of hydrogen-bond donors (Lipinski definition) is 2. The normalized spacial score (nSPS) is 20.6. The summed E-state index contributed by atoms with van der Waals surface area (Å²) in [7, 11) is 0. The van der Waals surface area contributed by atoms with Crippen LogP contribution in [0.2, 0.25) is 0 Å². The van der Waals surface area contributed by atoms with Crippen molar-refractivity contribution in [3.63, 3.8) is 0 Å². The molecule has 0 unspecified atom stereocenters. The van der Waals surface area contributed by atoms with Gasteiger partial charge in [-0.25, -0.2) is 9.37 Å². The molecule has 2 aromatic rings. The molecule has 1 aromatic heterocycles. The van der Waals surface area contributed by atoms with Crippen LogP contribution in [0.4, 0.5) is 21.6 Å². The summed E-state index contributed by atoms with van der Waals surface area (Å²) in [4.78, 5) is 8.70. The number of benzene rings is 1. The first-order valence-corrected chi connectivity index (χ1v) is 9.48. The number of morpholine rings is 1. The van der Waals surface area contributed by atoms with Gasteiger partial charge in [-0.15, -0.1) is 0 Å². The van der Waals surface area contributed by atoms with Crippen molar-refractivity contribution < 1.29 is 14.2 Å². The summed E-state index contributed by atoms with van der Waals surface area (Å²) in [5, 5.41) is 13.7. The molecule has 0 amide bonds. The molecule has 0 spiro atoms. The van der Waals surface area contributed by atoms with Gasteiger partial charge in [-0.2, -0.15) is 0 Å². The van der Waals surface area contributed by atoms with E-state index in [1.165, 1.54) is 12.3 Å². The highest BCUT2D eigenvalue weighted by atomic mass is 19.1. The van der Waals surface area contributed by atoms with Crippen molar-refractivity contribution in [2.75, 3.05) is 54.5 Å². The molecule has 4 rings (SSSR count). The quantitative estimate of drug-likeness (QED) is 0.861. The monoisotopic (exact) mass is 372 g/mol. The Morgan fingerprint density at radius 1 is 1.15 bits per heavy atom. The third-order valence-electron chi connectivity index (χ3n) is 5.16. The number of nitrogens with one attached hydrogen (secondary N) is 1. The Kier molecular flexibility index (Phi) is 5.29. The van der Waals surface area contributed by atoms with E-state index in [0.717, 1.165) is 50.5 Å². The summed E-state index contributed by atoms with van der Waals surface area (Å²) in [5.41, 5.74) is 1.59. The Bertz CT molecular complexity index is 782. The molecule has 0 radical (unpaired) electrons. The molecule has 2 fully saturated rings. The summed E-state index contributed by atoms with van der Waals surface area (Å²) in [5.74, 6) is 0.774. The van der Waals surface area contributed by atoms with Crippen molar-refractivity contribution in [1.29, 1.82) is 0 Å². The molecular formula is C20H25FN4O2. The van der Waals surface area contributed by atoms with E-state index < -0.39 is 0 Å². The largest absolute Gasteiger partial charge is 0.504 e. The molecule has 6 nitrogen and oxygen atoms in total. The van der Waals surface area contributed by atoms with Crippen molar-refractivity contribution >= 4 is 17.2 Å². The second-order valence-electron chi connectivity index (χ2n) is 7.07. The highest BCUT2D eigenvalue weighted by Gasteiger charge is 2.22. The number of piperidine rings is 1. The van der Waals surface area contributed by atoms with Crippen molar-refractivity contribution in [2.45, 2.75) is 18.9 Å². The predicted octanol–water partition coefficient (Wildman–Crippen LogP) is 2.84. The van der Waals surface area contributed by atoms with Crippen LogP contribution in [0.25, 0.3) is 0 Å². The lowest BCUT2D eigenvalue weighted by molar-refractivity contribution is 0.122. The fraction of sp³-hybridized carbons (Fsp3) is 0.450. The number of pyridine rings is 1. The van der Waals surface area contributed by atoms with E-state index in [9.17, 15) is 9.50 Å². The molecule has 144 valence electrons. The van der Waals surface area contributed by atoms with E-state index in [0.29, 0.717) is 18.9 Å². The number of ether oxygens (including phenoxy) is 1. The minimum absolute atomic E-state index is 0.148. The summed E-state index contributed by atoms with van der Waals surface area (Å²) in [6.07, 6.45) is 3.51. The van der Waals surface area contributed by atoms with Crippen LogP contribution in [0.15, 0.2) is 36.5 Å². The second-order valence-corrected chi connectivity index (χ2v) is 7.07. The van der Waals surface area contributed by atoms with Gasteiger partial charge in [-0.1, -0.05) is 6.07 Å². The maximum Gasteiger partial charge on any atom is 0.157 e. The van der Waals surface area contributed by atoms with E-state index in [2.05, 4.69) is 20.1 Å². The maximum atomic E-state index is 13.5. The molecule has 0 aliphatic carbocycles. The van der Waals surface area contributed by atoms with E-state index in [-0.39, 0.29) is 17.6 Å². The molecule has 7 heteroatoms.